The van der Waals surface area contributed by atoms with Crippen molar-refractivity contribution < 1.29 is 10.3 Å². The maximum absolute atomic E-state index is 5.16. The number of aryl methyl sites for hydroxylation is 2. The molecule has 0 aliphatic carbocycles. The average molecular weight is 299 g/mol. The summed E-state index contributed by atoms with van der Waals surface area (Å²) in [7, 11) is 3.57. The topological polar surface area (TPSA) is 85.2 Å². The van der Waals surface area contributed by atoms with Gasteiger partial charge in [-0.25, -0.2) is 9.82 Å². The normalized spacial score (nSPS) is 11.1. The van der Waals surface area contributed by atoms with Crippen LogP contribution < -0.4 is 5.48 Å². The zero-order valence-corrected chi connectivity index (χ0v) is 13.1. The largest absolute Gasteiger partial charge is 0.272 e. The van der Waals surface area contributed by atoms with Gasteiger partial charge in [0.15, 0.2) is 11.5 Å². The predicted molar refractivity (Wildman–Crippen MR) is 82.1 cm³/mol. The molecule has 3 rings (SSSR count). The van der Waals surface area contributed by atoms with Gasteiger partial charge in [-0.15, -0.1) is 0 Å². The van der Waals surface area contributed by atoms with Crippen LogP contribution in [0.25, 0.3) is 22.5 Å². The van der Waals surface area contributed by atoms with Gasteiger partial charge in [-0.3, -0.25) is 9.78 Å². The second kappa shape index (κ2) is 5.70. The van der Waals surface area contributed by atoms with Crippen molar-refractivity contribution in [3.63, 3.8) is 0 Å². The van der Waals surface area contributed by atoms with Gasteiger partial charge in [0, 0.05) is 36.0 Å². The first-order valence-corrected chi connectivity index (χ1v) is 6.98. The molecule has 1 aromatic carbocycles. The first-order chi connectivity index (χ1) is 10.6. The van der Waals surface area contributed by atoms with E-state index in [2.05, 4.69) is 32.4 Å². The lowest BCUT2D eigenvalue weighted by atomic mass is 10.0. The van der Waals surface area contributed by atoms with E-state index in [0.29, 0.717) is 5.82 Å². The van der Waals surface area contributed by atoms with Crippen molar-refractivity contribution in [1.82, 2.24) is 25.0 Å². The monoisotopic (exact) mass is 299 g/mol. The summed E-state index contributed by atoms with van der Waals surface area (Å²) in [6.07, 6.45) is 1.87. The van der Waals surface area contributed by atoms with E-state index in [1.54, 1.807) is 12.6 Å². The maximum Gasteiger partial charge on any atom is 0.181 e. The Balaban J connectivity index is 2.13. The number of H-pyrrole nitrogens is 1. The van der Waals surface area contributed by atoms with Crippen molar-refractivity contribution in [3.8, 4) is 22.5 Å². The van der Waals surface area contributed by atoms with E-state index in [-0.39, 0.29) is 0 Å². The summed E-state index contributed by atoms with van der Waals surface area (Å²) in [5, 5.41) is 11.4. The highest BCUT2D eigenvalue weighted by molar-refractivity contribution is 5.74. The molecule has 0 atom stereocenters. The van der Waals surface area contributed by atoms with Crippen LogP contribution >= 0.6 is 0 Å². The summed E-state index contributed by atoms with van der Waals surface area (Å²) in [6, 6.07) is 6.14. The maximum atomic E-state index is 5.16. The molecule has 7 nitrogen and oxygen atoms in total. The standard InChI is InChI=1S/C15H18N6O/c1-9-14(8-16-21(9)3)11-5-12(7-13(6-11)20-22-4)15-17-10(2)18-19-15/h5-8,20H,1-4H3,(H,17,18,19)/p+1. The average Bonchev–Trinajstić information content (AvgIpc) is 3.07. The Bertz CT molecular complexity index is 804. The van der Waals surface area contributed by atoms with Crippen LogP contribution in [-0.2, 0) is 11.9 Å². The Morgan fingerprint density at radius 2 is 1.95 bits per heavy atom. The van der Waals surface area contributed by atoms with Crippen molar-refractivity contribution in [1.29, 1.82) is 0 Å². The van der Waals surface area contributed by atoms with Gasteiger partial charge in [-0.2, -0.15) is 15.7 Å². The van der Waals surface area contributed by atoms with Crippen LogP contribution in [0.2, 0.25) is 0 Å². The lowest BCUT2D eigenvalue weighted by Crippen LogP contribution is -2.75. The molecule has 0 amide bonds. The van der Waals surface area contributed by atoms with E-state index >= 15 is 0 Å². The van der Waals surface area contributed by atoms with Crippen LogP contribution in [0.1, 0.15) is 11.5 Å². The highest BCUT2D eigenvalue weighted by Gasteiger charge is 2.13. The van der Waals surface area contributed by atoms with Crippen molar-refractivity contribution in [2.75, 3.05) is 7.11 Å². The predicted octanol–water partition coefficient (Wildman–Crippen LogP) is 1.25. The van der Waals surface area contributed by atoms with Gasteiger partial charge < -0.3 is 0 Å². The fourth-order valence-corrected chi connectivity index (χ4v) is 2.39. The van der Waals surface area contributed by atoms with Crippen molar-refractivity contribution in [2.45, 2.75) is 13.8 Å². The van der Waals surface area contributed by atoms with Crippen LogP contribution in [0, 0.1) is 13.8 Å². The SMILES string of the molecule is CO[NH2+]c1cc(-c2n[nH]c(C)n2)cc(-c2cnn(C)c2C)c1. The highest BCUT2D eigenvalue weighted by Crippen LogP contribution is 2.29. The molecular formula is C15H19N6O+. The Hall–Kier alpha value is -2.51. The highest BCUT2D eigenvalue weighted by atomic mass is 16.6. The number of aromatic nitrogens is 5. The summed E-state index contributed by atoms with van der Waals surface area (Å²) in [6.45, 7) is 3.93. The number of nitrogens with one attached hydrogen (secondary N) is 1. The van der Waals surface area contributed by atoms with Gasteiger partial charge >= 0.3 is 0 Å². The van der Waals surface area contributed by atoms with Crippen molar-refractivity contribution >= 4 is 5.69 Å². The van der Waals surface area contributed by atoms with Gasteiger partial charge in [0.25, 0.3) is 0 Å². The lowest BCUT2D eigenvalue weighted by molar-refractivity contribution is -0.830. The van der Waals surface area contributed by atoms with Crippen molar-refractivity contribution in [3.05, 3.63) is 35.9 Å². The Morgan fingerprint density at radius 3 is 2.55 bits per heavy atom. The number of quaternary nitrogens is 1. The van der Waals surface area contributed by atoms with Gasteiger partial charge in [-0.05, 0) is 25.5 Å². The molecule has 0 fully saturated rings. The number of benzene rings is 1. The van der Waals surface area contributed by atoms with Crippen LogP contribution in [0.5, 0.6) is 0 Å². The minimum absolute atomic E-state index is 0.673. The molecule has 2 aromatic heterocycles. The summed E-state index contributed by atoms with van der Waals surface area (Å²) in [4.78, 5) is 9.56. The summed E-state index contributed by atoms with van der Waals surface area (Å²) in [5.41, 5.74) is 6.86. The Labute approximate surface area is 128 Å². The Morgan fingerprint density at radius 1 is 1.18 bits per heavy atom. The fraction of sp³-hybridized carbons (Fsp3) is 0.267. The number of hydrogen-bond donors (Lipinski definition) is 2. The second-order valence-corrected chi connectivity index (χ2v) is 5.21. The molecule has 0 spiro atoms. The molecule has 3 aromatic rings. The molecule has 3 N–H and O–H groups in total. The van der Waals surface area contributed by atoms with Gasteiger partial charge in [0.05, 0.1) is 13.3 Å². The molecule has 0 aliphatic rings. The minimum Gasteiger partial charge on any atom is -0.272 e. The first-order valence-electron chi connectivity index (χ1n) is 6.98. The first kappa shape index (κ1) is 14.4. The quantitative estimate of drug-likeness (QED) is 0.561. The van der Waals surface area contributed by atoms with Crippen molar-refractivity contribution in [2.24, 2.45) is 7.05 Å². The van der Waals surface area contributed by atoms with Crippen LogP contribution in [0.3, 0.4) is 0 Å². The fourth-order valence-electron chi connectivity index (χ4n) is 2.39. The molecule has 114 valence electrons. The molecule has 0 aliphatic heterocycles. The third-order valence-electron chi connectivity index (χ3n) is 3.61. The summed E-state index contributed by atoms with van der Waals surface area (Å²) >= 11 is 0. The van der Waals surface area contributed by atoms with E-state index in [9.17, 15) is 0 Å². The number of nitrogens with two attached hydrogens (primary N) is 1. The third-order valence-corrected chi connectivity index (χ3v) is 3.61. The molecule has 0 bridgehead atoms. The molecule has 0 unspecified atom stereocenters. The number of aromatic amines is 1. The molecule has 22 heavy (non-hydrogen) atoms. The molecule has 0 saturated heterocycles. The van der Waals surface area contributed by atoms with Gasteiger partial charge in [0.1, 0.15) is 5.82 Å². The lowest BCUT2D eigenvalue weighted by Gasteiger charge is -2.06. The molecule has 0 saturated carbocycles. The molecule has 2 heterocycles. The minimum atomic E-state index is 0.673. The van der Waals surface area contributed by atoms with E-state index in [0.717, 1.165) is 33.9 Å². The summed E-state index contributed by atoms with van der Waals surface area (Å²) in [5.74, 6) is 1.46. The van der Waals surface area contributed by atoms with E-state index in [1.807, 2.05) is 37.8 Å². The number of nitrogens with zero attached hydrogens (tertiary/aromatic N) is 4. The van der Waals surface area contributed by atoms with Crippen LogP contribution in [-0.4, -0.2) is 32.1 Å². The van der Waals surface area contributed by atoms with Crippen LogP contribution in [0.15, 0.2) is 24.4 Å². The number of rotatable bonds is 4. The molecular weight excluding hydrogens is 280 g/mol. The zero-order chi connectivity index (χ0) is 15.7. The molecule has 0 radical (unpaired) electrons. The van der Waals surface area contributed by atoms with E-state index < -0.39 is 0 Å². The summed E-state index contributed by atoms with van der Waals surface area (Å²) < 4.78 is 1.86. The van der Waals surface area contributed by atoms with E-state index in [1.165, 1.54) is 0 Å². The van der Waals surface area contributed by atoms with E-state index in [4.69, 9.17) is 4.84 Å². The smallest absolute Gasteiger partial charge is 0.181 e. The second-order valence-electron chi connectivity index (χ2n) is 5.21. The zero-order valence-electron chi connectivity index (χ0n) is 13.1. The van der Waals surface area contributed by atoms with Gasteiger partial charge in [0.2, 0.25) is 0 Å². The number of hydrogen-bond acceptors (Lipinski definition) is 4. The molecule has 7 heteroatoms. The third kappa shape index (κ3) is 2.63. The van der Waals surface area contributed by atoms with Crippen LogP contribution in [0.4, 0.5) is 5.69 Å². The Kier molecular flexibility index (Phi) is 3.74. The van der Waals surface area contributed by atoms with Gasteiger partial charge in [-0.1, -0.05) is 0 Å².